The molecule has 0 saturated carbocycles. The van der Waals surface area contributed by atoms with Crippen molar-refractivity contribution < 1.29 is 14.6 Å². The van der Waals surface area contributed by atoms with Crippen LogP contribution < -0.4 is 9.47 Å². The zero-order valence-electron chi connectivity index (χ0n) is 13.7. The number of phenolic OH excluding ortho intramolecular Hbond substituents is 1. The summed E-state index contributed by atoms with van der Waals surface area (Å²) in [6.07, 6.45) is 0. The van der Waals surface area contributed by atoms with Gasteiger partial charge in [-0.1, -0.05) is 82.7 Å². The third-order valence-electron chi connectivity index (χ3n) is 3.79. The zero-order valence-corrected chi connectivity index (χ0v) is 15.3. The Labute approximate surface area is 156 Å². The van der Waals surface area contributed by atoms with Gasteiger partial charge in [0.05, 0.1) is 0 Å². The van der Waals surface area contributed by atoms with Gasteiger partial charge in [0.25, 0.3) is 0 Å². The SMILES string of the molecule is Oc1c(CBr)ccc(OCc2ccccc2)c1OCc1ccccc1. The molecule has 0 aliphatic heterocycles. The molecule has 0 aliphatic rings. The van der Waals surface area contributed by atoms with Crippen LogP contribution in [0.15, 0.2) is 72.8 Å². The highest BCUT2D eigenvalue weighted by Crippen LogP contribution is 2.41. The highest BCUT2D eigenvalue weighted by atomic mass is 79.9. The minimum absolute atomic E-state index is 0.110. The Hall–Kier alpha value is -2.46. The number of benzene rings is 3. The summed E-state index contributed by atoms with van der Waals surface area (Å²) in [5.41, 5.74) is 2.84. The molecule has 0 aromatic heterocycles. The summed E-state index contributed by atoms with van der Waals surface area (Å²) in [7, 11) is 0. The first kappa shape index (κ1) is 17.4. The van der Waals surface area contributed by atoms with E-state index in [9.17, 15) is 5.11 Å². The van der Waals surface area contributed by atoms with Gasteiger partial charge in [-0.05, 0) is 17.2 Å². The fraction of sp³-hybridized carbons (Fsp3) is 0.143. The van der Waals surface area contributed by atoms with Crippen LogP contribution in [0.5, 0.6) is 17.2 Å². The third-order valence-corrected chi connectivity index (χ3v) is 4.39. The van der Waals surface area contributed by atoms with Gasteiger partial charge in [-0.3, -0.25) is 0 Å². The molecule has 0 fully saturated rings. The van der Waals surface area contributed by atoms with Crippen LogP contribution in [0.2, 0.25) is 0 Å². The first-order valence-corrected chi connectivity index (χ1v) is 9.14. The Balaban J connectivity index is 1.80. The molecule has 0 amide bonds. The summed E-state index contributed by atoms with van der Waals surface area (Å²) in [6.45, 7) is 0.775. The van der Waals surface area contributed by atoms with Crippen LogP contribution in [0, 0.1) is 0 Å². The van der Waals surface area contributed by atoms with Gasteiger partial charge >= 0.3 is 0 Å². The van der Waals surface area contributed by atoms with E-state index in [1.54, 1.807) is 0 Å². The Bertz CT molecular complexity index is 804. The first-order chi connectivity index (χ1) is 12.3. The molecule has 3 aromatic carbocycles. The highest BCUT2D eigenvalue weighted by Gasteiger charge is 2.15. The molecule has 3 rings (SSSR count). The Morgan fingerprint density at radius 1 is 0.720 bits per heavy atom. The predicted octanol–water partition coefficient (Wildman–Crippen LogP) is 5.45. The van der Waals surface area contributed by atoms with Gasteiger partial charge in [-0.2, -0.15) is 0 Å². The van der Waals surface area contributed by atoms with Gasteiger partial charge in [0, 0.05) is 10.9 Å². The number of alkyl halides is 1. The van der Waals surface area contributed by atoms with E-state index >= 15 is 0 Å². The van der Waals surface area contributed by atoms with E-state index in [0.717, 1.165) is 16.7 Å². The lowest BCUT2D eigenvalue weighted by Gasteiger charge is -2.16. The largest absolute Gasteiger partial charge is 0.504 e. The van der Waals surface area contributed by atoms with E-state index in [1.807, 2.05) is 72.8 Å². The van der Waals surface area contributed by atoms with Crippen LogP contribution >= 0.6 is 15.9 Å². The number of phenols is 1. The monoisotopic (exact) mass is 398 g/mol. The molecular weight excluding hydrogens is 380 g/mol. The van der Waals surface area contributed by atoms with Gasteiger partial charge in [-0.15, -0.1) is 0 Å². The summed E-state index contributed by atoms with van der Waals surface area (Å²) in [6, 6.07) is 23.4. The summed E-state index contributed by atoms with van der Waals surface area (Å²) in [5, 5.41) is 11.1. The van der Waals surface area contributed by atoms with E-state index in [2.05, 4.69) is 15.9 Å². The average molecular weight is 399 g/mol. The van der Waals surface area contributed by atoms with Crippen molar-refractivity contribution in [2.24, 2.45) is 0 Å². The zero-order chi connectivity index (χ0) is 17.5. The Morgan fingerprint density at radius 2 is 1.28 bits per heavy atom. The van der Waals surface area contributed by atoms with E-state index in [0.29, 0.717) is 30.0 Å². The van der Waals surface area contributed by atoms with Crippen LogP contribution in [-0.2, 0) is 18.5 Å². The van der Waals surface area contributed by atoms with Crippen molar-refractivity contribution in [1.29, 1.82) is 0 Å². The molecule has 25 heavy (non-hydrogen) atoms. The molecule has 3 aromatic rings. The van der Waals surface area contributed by atoms with Gasteiger partial charge < -0.3 is 14.6 Å². The van der Waals surface area contributed by atoms with E-state index in [1.165, 1.54) is 0 Å². The number of hydrogen-bond donors (Lipinski definition) is 1. The molecule has 0 radical (unpaired) electrons. The quantitative estimate of drug-likeness (QED) is 0.538. The Morgan fingerprint density at radius 3 is 1.84 bits per heavy atom. The van der Waals surface area contributed by atoms with Gasteiger partial charge in [0.1, 0.15) is 13.2 Å². The molecule has 0 saturated heterocycles. The molecule has 128 valence electrons. The third kappa shape index (κ3) is 4.54. The Kier molecular flexibility index (Phi) is 5.96. The molecule has 0 spiro atoms. The van der Waals surface area contributed by atoms with Crippen LogP contribution in [0.4, 0.5) is 0 Å². The van der Waals surface area contributed by atoms with Crippen LogP contribution in [0.3, 0.4) is 0 Å². The summed E-state index contributed by atoms with van der Waals surface area (Å²) < 4.78 is 11.8. The van der Waals surface area contributed by atoms with E-state index in [-0.39, 0.29) is 5.75 Å². The second kappa shape index (κ2) is 8.58. The average Bonchev–Trinajstić information content (AvgIpc) is 2.67. The van der Waals surface area contributed by atoms with Gasteiger partial charge in [0.2, 0.25) is 5.75 Å². The number of hydrogen-bond acceptors (Lipinski definition) is 3. The molecule has 4 heteroatoms. The fourth-order valence-electron chi connectivity index (χ4n) is 2.42. The second-order valence-corrected chi connectivity index (χ2v) is 6.14. The molecule has 3 nitrogen and oxygen atoms in total. The van der Waals surface area contributed by atoms with E-state index in [4.69, 9.17) is 9.47 Å². The topological polar surface area (TPSA) is 38.7 Å². The van der Waals surface area contributed by atoms with Crippen molar-refractivity contribution in [1.82, 2.24) is 0 Å². The molecule has 0 unspecified atom stereocenters. The first-order valence-electron chi connectivity index (χ1n) is 8.02. The molecule has 0 bridgehead atoms. The molecule has 0 heterocycles. The van der Waals surface area contributed by atoms with Crippen molar-refractivity contribution in [2.75, 3.05) is 0 Å². The number of rotatable bonds is 7. The van der Waals surface area contributed by atoms with Crippen molar-refractivity contribution in [3.05, 3.63) is 89.5 Å². The lowest BCUT2D eigenvalue weighted by atomic mass is 10.2. The van der Waals surface area contributed by atoms with Crippen LogP contribution in [0.25, 0.3) is 0 Å². The van der Waals surface area contributed by atoms with E-state index < -0.39 is 0 Å². The highest BCUT2D eigenvalue weighted by molar-refractivity contribution is 9.08. The van der Waals surface area contributed by atoms with Crippen molar-refractivity contribution >= 4 is 15.9 Å². The number of halogens is 1. The number of aromatic hydroxyl groups is 1. The lowest BCUT2D eigenvalue weighted by molar-refractivity contribution is 0.245. The molecule has 0 aliphatic carbocycles. The second-order valence-electron chi connectivity index (χ2n) is 5.58. The summed E-state index contributed by atoms with van der Waals surface area (Å²) in [5.74, 6) is 1.01. The maximum absolute atomic E-state index is 10.5. The predicted molar refractivity (Wildman–Crippen MR) is 102 cm³/mol. The van der Waals surface area contributed by atoms with Crippen molar-refractivity contribution in [3.8, 4) is 17.2 Å². The smallest absolute Gasteiger partial charge is 0.203 e. The molecule has 1 N–H and O–H groups in total. The van der Waals surface area contributed by atoms with Gasteiger partial charge in [0.15, 0.2) is 11.5 Å². The normalized spacial score (nSPS) is 10.4. The van der Waals surface area contributed by atoms with Crippen molar-refractivity contribution in [2.45, 2.75) is 18.5 Å². The fourth-order valence-corrected chi connectivity index (χ4v) is 2.87. The minimum Gasteiger partial charge on any atom is -0.504 e. The summed E-state index contributed by atoms with van der Waals surface area (Å²) in [4.78, 5) is 0. The standard InChI is InChI=1S/C21H19BrO3/c22-13-18-11-12-19(24-14-16-7-3-1-4-8-16)21(20(18)23)25-15-17-9-5-2-6-10-17/h1-12,23H,13-15H2. The number of ether oxygens (including phenoxy) is 2. The maximum atomic E-state index is 10.5. The lowest BCUT2D eigenvalue weighted by Crippen LogP contribution is -2.01. The molecule has 0 atom stereocenters. The minimum atomic E-state index is 0.110. The van der Waals surface area contributed by atoms with Crippen LogP contribution in [0.1, 0.15) is 16.7 Å². The molecular formula is C21H19BrO3. The van der Waals surface area contributed by atoms with Crippen molar-refractivity contribution in [3.63, 3.8) is 0 Å². The van der Waals surface area contributed by atoms with Gasteiger partial charge in [-0.25, -0.2) is 0 Å². The maximum Gasteiger partial charge on any atom is 0.203 e. The summed E-state index contributed by atoms with van der Waals surface area (Å²) >= 11 is 3.38. The van der Waals surface area contributed by atoms with Crippen LogP contribution in [-0.4, -0.2) is 5.11 Å².